The highest BCUT2D eigenvalue weighted by Gasteiger charge is 2.30. The summed E-state index contributed by atoms with van der Waals surface area (Å²) in [5.74, 6) is 0.816. The predicted molar refractivity (Wildman–Crippen MR) is 96.4 cm³/mol. The lowest BCUT2D eigenvalue weighted by Crippen LogP contribution is -2.25. The van der Waals surface area contributed by atoms with E-state index < -0.39 is 17.8 Å². The second-order valence-corrected chi connectivity index (χ2v) is 5.77. The van der Waals surface area contributed by atoms with Crippen molar-refractivity contribution in [3.63, 3.8) is 0 Å². The van der Waals surface area contributed by atoms with Gasteiger partial charge in [-0.15, -0.1) is 10.2 Å². The SMILES string of the molecule is COC(=O)NCCc1nnc(-c2cccnc2Nc2ccc(C(F)(F)F)cc2)o1. The second-order valence-electron chi connectivity index (χ2n) is 5.77. The van der Waals surface area contributed by atoms with Gasteiger partial charge in [0.15, 0.2) is 0 Å². The summed E-state index contributed by atoms with van der Waals surface area (Å²) in [6, 6.07) is 7.91. The number of halogens is 3. The molecule has 0 spiro atoms. The van der Waals surface area contributed by atoms with E-state index >= 15 is 0 Å². The molecule has 0 aliphatic carbocycles. The third kappa shape index (κ3) is 5.21. The fourth-order valence-corrected chi connectivity index (χ4v) is 2.36. The van der Waals surface area contributed by atoms with Crippen LogP contribution in [0.5, 0.6) is 0 Å². The van der Waals surface area contributed by atoms with E-state index in [2.05, 4.69) is 30.6 Å². The number of alkyl halides is 3. The van der Waals surface area contributed by atoms with E-state index in [1.807, 2.05) is 0 Å². The van der Waals surface area contributed by atoms with Crippen molar-refractivity contribution < 1.29 is 27.1 Å². The Morgan fingerprint density at radius 2 is 1.93 bits per heavy atom. The fourth-order valence-electron chi connectivity index (χ4n) is 2.36. The van der Waals surface area contributed by atoms with Crippen molar-refractivity contribution in [1.29, 1.82) is 0 Å². The number of benzene rings is 1. The van der Waals surface area contributed by atoms with E-state index in [4.69, 9.17) is 4.42 Å². The van der Waals surface area contributed by atoms with Crippen molar-refractivity contribution in [2.75, 3.05) is 19.0 Å². The molecule has 29 heavy (non-hydrogen) atoms. The van der Waals surface area contributed by atoms with Crippen LogP contribution in [0.1, 0.15) is 11.5 Å². The predicted octanol–water partition coefficient (Wildman–Crippen LogP) is 3.79. The molecule has 8 nitrogen and oxygen atoms in total. The smallest absolute Gasteiger partial charge is 0.416 e. The van der Waals surface area contributed by atoms with Gasteiger partial charge in [-0.05, 0) is 36.4 Å². The summed E-state index contributed by atoms with van der Waals surface area (Å²) in [6.07, 6.45) is -3.16. The number of nitrogens with zero attached hydrogens (tertiary/aromatic N) is 3. The van der Waals surface area contributed by atoms with Crippen molar-refractivity contribution >= 4 is 17.6 Å². The van der Waals surface area contributed by atoms with Gasteiger partial charge in [0, 0.05) is 24.8 Å². The van der Waals surface area contributed by atoms with Crippen LogP contribution >= 0.6 is 0 Å². The average Bonchev–Trinajstić information content (AvgIpc) is 3.16. The Morgan fingerprint density at radius 3 is 2.62 bits per heavy atom. The molecule has 3 rings (SSSR count). The monoisotopic (exact) mass is 407 g/mol. The largest absolute Gasteiger partial charge is 0.453 e. The van der Waals surface area contributed by atoms with Crippen molar-refractivity contribution in [2.24, 2.45) is 0 Å². The number of rotatable bonds is 6. The van der Waals surface area contributed by atoms with Gasteiger partial charge in [0.25, 0.3) is 5.89 Å². The first-order valence-corrected chi connectivity index (χ1v) is 8.40. The topological polar surface area (TPSA) is 102 Å². The normalized spacial score (nSPS) is 11.2. The minimum absolute atomic E-state index is 0.181. The highest BCUT2D eigenvalue weighted by Crippen LogP contribution is 2.31. The molecule has 2 heterocycles. The van der Waals surface area contributed by atoms with Crippen LogP contribution in [-0.2, 0) is 17.3 Å². The molecular weight excluding hydrogens is 391 g/mol. The highest BCUT2D eigenvalue weighted by molar-refractivity contribution is 5.73. The summed E-state index contributed by atoms with van der Waals surface area (Å²) in [5, 5.41) is 13.3. The minimum Gasteiger partial charge on any atom is -0.453 e. The molecule has 3 aromatic rings. The molecule has 0 aliphatic heterocycles. The van der Waals surface area contributed by atoms with Crippen LogP contribution in [0.15, 0.2) is 47.0 Å². The highest BCUT2D eigenvalue weighted by atomic mass is 19.4. The van der Waals surface area contributed by atoms with Gasteiger partial charge in [-0.3, -0.25) is 0 Å². The van der Waals surface area contributed by atoms with E-state index in [0.717, 1.165) is 12.1 Å². The summed E-state index contributed by atoms with van der Waals surface area (Å²) in [7, 11) is 1.26. The van der Waals surface area contributed by atoms with Gasteiger partial charge in [0.2, 0.25) is 5.89 Å². The molecule has 152 valence electrons. The van der Waals surface area contributed by atoms with Crippen LogP contribution in [0.2, 0.25) is 0 Å². The van der Waals surface area contributed by atoms with Crippen molar-refractivity contribution in [2.45, 2.75) is 12.6 Å². The zero-order valence-corrected chi connectivity index (χ0v) is 15.2. The lowest BCUT2D eigenvalue weighted by atomic mass is 10.2. The lowest BCUT2D eigenvalue weighted by molar-refractivity contribution is -0.137. The van der Waals surface area contributed by atoms with E-state index in [-0.39, 0.29) is 12.4 Å². The Kier molecular flexibility index (Phi) is 5.96. The molecule has 0 radical (unpaired) electrons. The quantitative estimate of drug-likeness (QED) is 0.641. The molecule has 0 saturated carbocycles. The first-order chi connectivity index (χ1) is 13.9. The van der Waals surface area contributed by atoms with Crippen LogP contribution in [0.4, 0.5) is 29.5 Å². The zero-order chi connectivity index (χ0) is 20.9. The maximum Gasteiger partial charge on any atom is 0.416 e. The zero-order valence-electron chi connectivity index (χ0n) is 15.2. The molecule has 0 fully saturated rings. The maximum atomic E-state index is 12.7. The number of aromatic nitrogens is 3. The van der Waals surface area contributed by atoms with E-state index in [1.165, 1.54) is 25.4 Å². The standard InChI is InChI=1S/C18H16F3N5O3/c1-28-17(27)23-10-8-14-25-26-16(29-14)13-3-2-9-22-15(13)24-12-6-4-11(5-7-12)18(19,20)21/h2-7,9H,8,10H2,1H3,(H,22,24)(H,23,27). The van der Waals surface area contributed by atoms with Gasteiger partial charge in [-0.25, -0.2) is 9.78 Å². The van der Waals surface area contributed by atoms with Crippen LogP contribution < -0.4 is 10.6 Å². The van der Waals surface area contributed by atoms with Crippen molar-refractivity contribution in [3.05, 3.63) is 54.0 Å². The Morgan fingerprint density at radius 1 is 1.17 bits per heavy atom. The Balaban J connectivity index is 1.73. The van der Waals surface area contributed by atoms with Crippen molar-refractivity contribution in [3.8, 4) is 11.5 Å². The molecule has 0 saturated heterocycles. The second kappa shape index (κ2) is 8.59. The average molecular weight is 407 g/mol. The number of anilines is 2. The summed E-state index contributed by atoms with van der Waals surface area (Å²) in [5.41, 5.74) is 0.151. The van der Waals surface area contributed by atoms with Crippen molar-refractivity contribution in [1.82, 2.24) is 20.5 Å². The third-order valence-electron chi connectivity index (χ3n) is 3.77. The van der Waals surface area contributed by atoms with E-state index in [1.54, 1.807) is 12.1 Å². The number of amides is 1. The molecule has 2 aromatic heterocycles. The Hall–Kier alpha value is -3.63. The maximum absolute atomic E-state index is 12.7. The Labute approximate surface area is 163 Å². The van der Waals surface area contributed by atoms with Gasteiger partial charge in [-0.1, -0.05) is 0 Å². The molecule has 2 N–H and O–H groups in total. The van der Waals surface area contributed by atoms with Gasteiger partial charge in [0.05, 0.1) is 18.2 Å². The molecule has 0 bridgehead atoms. The third-order valence-corrected chi connectivity index (χ3v) is 3.77. The number of carbonyl (C=O) groups excluding carboxylic acids is 1. The number of methoxy groups -OCH3 is 1. The number of nitrogens with one attached hydrogen (secondary N) is 2. The fraction of sp³-hybridized carbons (Fsp3) is 0.222. The first-order valence-electron chi connectivity index (χ1n) is 8.40. The van der Waals surface area contributed by atoms with Gasteiger partial charge < -0.3 is 19.8 Å². The van der Waals surface area contributed by atoms with Crippen LogP contribution in [0.25, 0.3) is 11.5 Å². The van der Waals surface area contributed by atoms with Gasteiger partial charge in [-0.2, -0.15) is 13.2 Å². The first kappa shape index (κ1) is 20.1. The number of hydrogen-bond acceptors (Lipinski definition) is 7. The van der Waals surface area contributed by atoms with E-state index in [0.29, 0.717) is 29.4 Å². The number of hydrogen-bond donors (Lipinski definition) is 2. The van der Waals surface area contributed by atoms with Gasteiger partial charge >= 0.3 is 12.3 Å². The summed E-state index contributed by atoms with van der Waals surface area (Å²) in [4.78, 5) is 15.2. The molecule has 1 aromatic carbocycles. The summed E-state index contributed by atoms with van der Waals surface area (Å²) >= 11 is 0. The molecule has 0 aliphatic rings. The van der Waals surface area contributed by atoms with E-state index in [9.17, 15) is 18.0 Å². The lowest BCUT2D eigenvalue weighted by Gasteiger charge is -2.10. The number of alkyl carbamates (subject to hydrolysis) is 1. The molecule has 1 amide bonds. The molecular formula is C18H16F3N5O3. The molecule has 0 unspecified atom stereocenters. The molecule has 0 atom stereocenters. The van der Waals surface area contributed by atoms with Gasteiger partial charge in [0.1, 0.15) is 5.82 Å². The minimum atomic E-state index is -4.41. The Bertz CT molecular complexity index is 973. The van der Waals surface area contributed by atoms with Crippen LogP contribution in [-0.4, -0.2) is 34.9 Å². The summed E-state index contributed by atoms with van der Waals surface area (Å²) < 4.78 is 48.1. The van der Waals surface area contributed by atoms with Crippen LogP contribution in [0, 0.1) is 0 Å². The number of carbonyl (C=O) groups is 1. The molecule has 11 heteroatoms. The number of ether oxygens (including phenoxy) is 1. The number of pyridine rings is 1. The van der Waals surface area contributed by atoms with Crippen LogP contribution in [0.3, 0.4) is 0 Å². The summed E-state index contributed by atoms with van der Waals surface area (Å²) in [6.45, 7) is 0.248.